The standard InChI is InChI=1S/C42H52O5/c43-41(44)17-6-2-5-12-33(28-36-14-9-15-37-29-38(42(45)46)26-27-39(36)37)24-25-35-13-7-8-16-40(35)47-30-34-22-20-32(21-23-34)19-18-31-10-3-1-4-11-31/h1,3-4,7-8,10-13,16,26-27,29,32,34,36H,2,5-6,9,14-15,17-25,28,30H2,(H,43,44)(H,45,46)/b33-12+. The van der Waals surface area contributed by atoms with E-state index in [1.54, 1.807) is 6.07 Å². The highest BCUT2D eigenvalue weighted by Gasteiger charge is 2.24. The topological polar surface area (TPSA) is 83.8 Å². The summed E-state index contributed by atoms with van der Waals surface area (Å²) in [5, 5.41) is 18.6. The molecule has 0 heterocycles. The molecule has 0 amide bonds. The summed E-state index contributed by atoms with van der Waals surface area (Å²) in [5.41, 5.74) is 6.93. The molecule has 3 aromatic rings. The van der Waals surface area contributed by atoms with Gasteiger partial charge in [-0.2, -0.15) is 0 Å². The number of aromatic carboxylic acids is 1. The molecule has 47 heavy (non-hydrogen) atoms. The van der Waals surface area contributed by atoms with E-state index in [-0.39, 0.29) is 6.42 Å². The molecule has 5 heteroatoms. The molecule has 1 fully saturated rings. The molecule has 1 atom stereocenters. The zero-order valence-corrected chi connectivity index (χ0v) is 27.9. The van der Waals surface area contributed by atoms with Gasteiger partial charge >= 0.3 is 11.9 Å². The Hall–Kier alpha value is -3.86. The van der Waals surface area contributed by atoms with Gasteiger partial charge in [0.1, 0.15) is 5.75 Å². The van der Waals surface area contributed by atoms with Crippen LogP contribution in [-0.2, 0) is 24.1 Å². The minimum absolute atomic E-state index is 0.213. The van der Waals surface area contributed by atoms with Crippen LogP contribution < -0.4 is 4.74 Å². The lowest BCUT2D eigenvalue weighted by atomic mass is 9.78. The third-order valence-corrected chi connectivity index (χ3v) is 10.4. The predicted octanol–water partition coefficient (Wildman–Crippen LogP) is 10.2. The summed E-state index contributed by atoms with van der Waals surface area (Å²) >= 11 is 0. The molecule has 3 aromatic carbocycles. The molecule has 0 radical (unpaired) electrons. The Labute approximate surface area is 281 Å². The SMILES string of the molecule is O=C(O)CCCC/C=C(\CCc1ccccc1OCC1CCC(CCc2ccccc2)CC1)CC1CCCc2cc(C(=O)O)ccc21. The van der Waals surface area contributed by atoms with Crippen LogP contribution in [0.15, 0.2) is 84.4 Å². The number of aryl methyl sites for hydroxylation is 3. The van der Waals surface area contributed by atoms with Gasteiger partial charge in [0.2, 0.25) is 0 Å². The van der Waals surface area contributed by atoms with E-state index in [2.05, 4.69) is 60.7 Å². The molecule has 0 aliphatic heterocycles. The number of fused-ring (bicyclic) bond motifs is 1. The molecule has 1 unspecified atom stereocenters. The van der Waals surface area contributed by atoms with E-state index in [9.17, 15) is 14.7 Å². The Morgan fingerprint density at radius 2 is 1.57 bits per heavy atom. The first kappa shape index (κ1) is 34.5. The number of carbonyl (C=O) groups is 2. The lowest BCUT2D eigenvalue weighted by molar-refractivity contribution is -0.137. The van der Waals surface area contributed by atoms with Crippen LogP contribution in [0.3, 0.4) is 0 Å². The lowest BCUT2D eigenvalue weighted by Crippen LogP contribution is -2.20. The molecule has 5 rings (SSSR count). The fraction of sp³-hybridized carbons (Fsp3) is 0.476. The van der Waals surface area contributed by atoms with Crippen molar-refractivity contribution < 1.29 is 24.5 Å². The van der Waals surface area contributed by atoms with Gasteiger partial charge in [-0.15, -0.1) is 0 Å². The Kier molecular flexibility index (Phi) is 13.1. The quantitative estimate of drug-likeness (QED) is 0.114. The number of carboxylic acids is 2. The fourth-order valence-corrected chi connectivity index (χ4v) is 7.65. The summed E-state index contributed by atoms with van der Waals surface area (Å²) in [7, 11) is 0. The molecule has 5 nitrogen and oxygen atoms in total. The van der Waals surface area contributed by atoms with Crippen molar-refractivity contribution in [1.29, 1.82) is 0 Å². The van der Waals surface area contributed by atoms with Gasteiger partial charge < -0.3 is 14.9 Å². The number of carboxylic acid groups (broad SMARTS) is 2. The van der Waals surface area contributed by atoms with Crippen molar-refractivity contribution in [2.24, 2.45) is 11.8 Å². The summed E-state index contributed by atoms with van der Waals surface area (Å²) < 4.78 is 6.51. The number of benzene rings is 3. The Morgan fingerprint density at radius 1 is 0.809 bits per heavy atom. The smallest absolute Gasteiger partial charge is 0.335 e. The van der Waals surface area contributed by atoms with Crippen molar-refractivity contribution >= 4 is 11.9 Å². The monoisotopic (exact) mass is 636 g/mol. The normalized spacial score (nSPS) is 19.6. The second-order valence-corrected chi connectivity index (χ2v) is 13.8. The number of unbranched alkanes of at least 4 members (excludes halogenated alkanes) is 2. The second-order valence-electron chi connectivity index (χ2n) is 13.8. The predicted molar refractivity (Wildman–Crippen MR) is 188 cm³/mol. The maximum absolute atomic E-state index is 11.6. The van der Waals surface area contributed by atoms with E-state index in [4.69, 9.17) is 9.84 Å². The van der Waals surface area contributed by atoms with Crippen molar-refractivity contribution in [3.63, 3.8) is 0 Å². The molecule has 0 saturated heterocycles. The van der Waals surface area contributed by atoms with Crippen molar-refractivity contribution in [2.45, 2.75) is 109 Å². The van der Waals surface area contributed by atoms with Crippen LogP contribution in [0, 0.1) is 11.8 Å². The van der Waals surface area contributed by atoms with Crippen LogP contribution in [0.5, 0.6) is 5.75 Å². The van der Waals surface area contributed by atoms with E-state index in [0.29, 0.717) is 23.8 Å². The van der Waals surface area contributed by atoms with Crippen molar-refractivity contribution in [1.82, 2.24) is 0 Å². The first-order valence-electron chi connectivity index (χ1n) is 17.9. The van der Waals surface area contributed by atoms with Crippen LogP contribution in [0.1, 0.15) is 122 Å². The van der Waals surface area contributed by atoms with Gasteiger partial charge in [-0.3, -0.25) is 4.79 Å². The molecule has 2 N–H and O–H groups in total. The van der Waals surface area contributed by atoms with Gasteiger partial charge in [0, 0.05) is 6.42 Å². The van der Waals surface area contributed by atoms with E-state index in [1.165, 1.54) is 66.4 Å². The van der Waals surface area contributed by atoms with E-state index < -0.39 is 11.9 Å². The summed E-state index contributed by atoms with van der Waals surface area (Å²) in [5.74, 6) is 1.21. The second kappa shape index (κ2) is 17.9. The maximum atomic E-state index is 11.6. The molecular weight excluding hydrogens is 584 g/mol. The number of rotatable bonds is 17. The minimum atomic E-state index is -0.871. The van der Waals surface area contributed by atoms with Crippen LogP contribution in [0.2, 0.25) is 0 Å². The third kappa shape index (κ3) is 10.8. The molecule has 250 valence electrons. The molecule has 0 aromatic heterocycles. The number of allylic oxidation sites excluding steroid dienone is 2. The van der Waals surface area contributed by atoms with Crippen LogP contribution >= 0.6 is 0 Å². The number of ether oxygens (including phenoxy) is 1. The van der Waals surface area contributed by atoms with Crippen molar-refractivity contribution in [3.05, 3.63) is 112 Å². The molecule has 0 spiro atoms. The highest BCUT2D eigenvalue weighted by molar-refractivity contribution is 5.88. The lowest BCUT2D eigenvalue weighted by Gasteiger charge is -2.29. The minimum Gasteiger partial charge on any atom is -0.493 e. The van der Waals surface area contributed by atoms with Crippen LogP contribution in [0.4, 0.5) is 0 Å². The average Bonchev–Trinajstić information content (AvgIpc) is 3.09. The highest BCUT2D eigenvalue weighted by atomic mass is 16.5. The fourth-order valence-electron chi connectivity index (χ4n) is 7.65. The Morgan fingerprint density at radius 3 is 2.36 bits per heavy atom. The first-order chi connectivity index (χ1) is 22.9. The zero-order chi connectivity index (χ0) is 32.8. The molecule has 2 aliphatic carbocycles. The third-order valence-electron chi connectivity index (χ3n) is 10.4. The summed E-state index contributed by atoms with van der Waals surface area (Å²) in [6.45, 7) is 0.784. The summed E-state index contributed by atoms with van der Waals surface area (Å²) in [4.78, 5) is 22.6. The van der Waals surface area contributed by atoms with Crippen molar-refractivity contribution in [2.75, 3.05) is 6.61 Å². The maximum Gasteiger partial charge on any atom is 0.335 e. The molecular formula is C42H52O5. The van der Waals surface area contributed by atoms with Crippen molar-refractivity contribution in [3.8, 4) is 5.75 Å². The Bertz CT molecular complexity index is 1470. The van der Waals surface area contributed by atoms with Gasteiger partial charge in [0.05, 0.1) is 12.2 Å². The average molecular weight is 637 g/mol. The van der Waals surface area contributed by atoms with Gasteiger partial charge in [-0.1, -0.05) is 79.1 Å². The first-order valence-corrected chi connectivity index (χ1v) is 17.9. The molecule has 2 aliphatic rings. The van der Waals surface area contributed by atoms with Gasteiger partial charge in [0.25, 0.3) is 0 Å². The molecule has 1 saturated carbocycles. The zero-order valence-electron chi connectivity index (χ0n) is 27.9. The van der Waals surface area contributed by atoms with Gasteiger partial charge in [0.15, 0.2) is 0 Å². The Balaban J connectivity index is 1.16. The summed E-state index contributed by atoms with van der Waals surface area (Å²) in [6, 6.07) is 25.0. The van der Waals surface area contributed by atoms with Crippen LogP contribution in [0.25, 0.3) is 0 Å². The highest BCUT2D eigenvalue weighted by Crippen LogP contribution is 2.38. The molecule has 0 bridgehead atoms. The number of hydrogen-bond donors (Lipinski definition) is 2. The number of para-hydroxylation sites is 1. The number of aliphatic carboxylic acids is 1. The van der Waals surface area contributed by atoms with E-state index in [0.717, 1.165) is 69.6 Å². The van der Waals surface area contributed by atoms with E-state index in [1.807, 2.05) is 12.1 Å². The largest absolute Gasteiger partial charge is 0.493 e. The van der Waals surface area contributed by atoms with Gasteiger partial charge in [-0.05, 0) is 142 Å². The van der Waals surface area contributed by atoms with Crippen LogP contribution in [-0.4, -0.2) is 28.8 Å². The van der Waals surface area contributed by atoms with E-state index >= 15 is 0 Å². The summed E-state index contributed by atoms with van der Waals surface area (Å²) in [6.07, 6.45) is 18.4. The number of hydrogen-bond acceptors (Lipinski definition) is 3. The van der Waals surface area contributed by atoms with Gasteiger partial charge in [-0.25, -0.2) is 4.79 Å².